The summed E-state index contributed by atoms with van der Waals surface area (Å²) in [6.07, 6.45) is 4.83. The van der Waals surface area contributed by atoms with E-state index >= 15 is 0 Å². The van der Waals surface area contributed by atoms with Crippen LogP contribution in [0.4, 0.5) is 19.3 Å². The first kappa shape index (κ1) is 27.8. The van der Waals surface area contributed by atoms with Crippen LogP contribution < -0.4 is 16.6 Å². The third kappa shape index (κ3) is 5.03. The van der Waals surface area contributed by atoms with Gasteiger partial charge in [0.1, 0.15) is 22.8 Å². The van der Waals surface area contributed by atoms with Gasteiger partial charge in [0.05, 0.1) is 17.6 Å². The zero-order valence-corrected chi connectivity index (χ0v) is 23.7. The second-order valence-corrected chi connectivity index (χ2v) is 10.7. The maximum atomic E-state index is 14.8. The van der Waals surface area contributed by atoms with E-state index in [2.05, 4.69) is 20.5 Å². The highest BCUT2D eigenvalue weighted by molar-refractivity contribution is 7.22. The molecule has 4 heterocycles. The molecule has 0 radical (unpaired) electrons. The molecule has 0 spiro atoms. The van der Waals surface area contributed by atoms with E-state index in [1.807, 2.05) is 6.92 Å². The molecule has 6 aromatic rings. The number of aryl methyl sites for hydroxylation is 2. The fourth-order valence-corrected chi connectivity index (χ4v) is 6.19. The van der Waals surface area contributed by atoms with Crippen LogP contribution in [0.3, 0.4) is 0 Å². The molecule has 10 nitrogen and oxygen atoms in total. The number of halogens is 2. The Balaban J connectivity index is 1.54. The van der Waals surface area contributed by atoms with Crippen LogP contribution in [0, 0.1) is 18.6 Å². The average Bonchev–Trinajstić information content (AvgIpc) is 3.67. The van der Waals surface area contributed by atoms with Crippen molar-refractivity contribution in [3.8, 4) is 16.3 Å². The van der Waals surface area contributed by atoms with Gasteiger partial charge in [-0.15, -0.1) is 16.4 Å². The van der Waals surface area contributed by atoms with Crippen LogP contribution >= 0.6 is 11.3 Å². The average molecular weight is 600 g/mol. The van der Waals surface area contributed by atoms with Crippen LogP contribution in [-0.2, 0) is 13.0 Å². The third-order valence-corrected chi connectivity index (χ3v) is 8.26. The van der Waals surface area contributed by atoms with Gasteiger partial charge in [-0.05, 0) is 60.9 Å². The van der Waals surface area contributed by atoms with Crippen molar-refractivity contribution in [2.24, 2.45) is 0 Å². The minimum absolute atomic E-state index is 0.00181. The van der Waals surface area contributed by atoms with E-state index in [1.165, 1.54) is 51.3 Å². The van der Waals surface area contributed by atoms with E-state index in [0.29, 0.717) is 28.2 Å². The molecule has 1 N–H and O–H groups in total. The van der Waals surface area contributed by atoms with Crippen LogP contribution in [0.2, 0.25) is 0 Å². The molecule has 0 aliphatic heterocycles. The predicted octanol–water partition coefficient (Wildman–Crippen LogP) is 5.14. The van der Waals surface area contributed by atoms with Gasteiger partial charge in [-0.2, -0.15) is 5.10 Å². The smallest absolute Gasteiger partial charge is 0.307 e. The predicted molar refractivity (Wildman–Crippen MR) is 159 cm³/mol. The Kier molecular flexibility index (Phi) is 7.24. The van der Waals surface area contributed by atoms with Gasteiger partial charge in [0.15, 0.2) is 5.82 Å². The molecule has 0 bridgehead atoms. The van der Waals surface area contributed by atoms with Crippen molar-refractivity contribution in [2.75, 3.05) is 5.32 Å². The van der Waals surface area contributed by atoms with Crippen LogP contribution in [0.25, 0.3) is 26.5 Å². The normalized spacial score (nSPS) is 11.3. The van der Waals surface area contributed by atoms with E-state index in [1.54, 1.807) is 37.3 Å². The molecule has 6 rings (SSSR count). The monoisotopic (exact) mass is 599 g/mol. The summed E-state index contributed by atoms with van der Waals surface area (Å²) in [5.74, 6) is -1.62. The van der Waals surface area contributed by atoms with Gasteiger partial charge in [-0.1, -0.05) is 25.1 Å². The molecule has 43 heavy (non-hydrogen) atoms. The molecule has 13 heteroatoms. The largest absolute Gasteiger partial charge is 0.338 e. The Morgan fingerprint density at radius 3 is 2.35 bits per heavy atom. The summed E-state index contributed by atoms with van der Waals surface area (Å²) in [4.78, 5) is 45.1. The number of anilines is 1. The molecular weight excluding hydrogens is 576 g/mol. The number of nitrogens with one attached hydrogen (secondary N) is 1. The van der Waals surface area contributed by atoms with Crippen molar-refractivity contribution >= 4 is 33.3 Å². The Morgan fingerprint density at radius 2 is 1.72 bits per heavy atom. The number of hydrogen-bond donors (Lipinski definition) is 1. The molecule has 1 amide bonds. The Hall–Kier alpha value is -5.30. The SMILES string of the molecule is CCc1c(-c2ccc(NC(=O)n3ccnc3)cc2)sc2c1c(=O)n(-c1ccc(C)nn1)c(=O)n2Cc1c(F)cccc1F. The molecule has 0 atom stereocenters. The van der Waals surface area contributed by atoms with E-state index in [-0.39, 0.29) is 27.6 Å². The minimum atomic E-state index is -0.811. The summed E-state index contributed by atoms with van der Waals surface area (Å²) in [5.41, 5.74) is 0.806. The van der Waals surface area contributed by atoms with Crippen molar-refractivity contribution in [1.82, 2.24) is 28.9 Å². The molecule has 0 saturated carbocycles. The number of aromatic nitrogens is 6. The second kappa shape index (κ2) is 11.2. The molecule has 216 valence electrons. The zero-order chi connectivity index (χ0) is 30.2. The molecule has 0 unspecified atom stereocenters. The molecule has 0 fully saturated rings. The maximum absolute atomic E-state index is 14.8. The van der Waals surface area contributed by atoms with Crippen molar-refractivity contribution in [3.05, 3.63) is 123 Å². The van der Waals surface area contributed by atoms with E-state index in [0.717, 1.165) is 22.3 Å². The first-order chi connectivity index (χ1) is 20.8. The second-order valence-electron chi connectivity index (χ2n) is 9.66. The van der Waals surface area contributed by atoms with Gasteiger partial charge >= 0.3 is 11.7 Å². The summed E-state index contributed by atoms with van der Waals surface area (Å²) in [7, 11) is 0. The molecule has 0 aliphatic rings. The quantitative estimate of drug-likeness (QED) is 0.283. The topological polar surface area (TPSA) is 117 Å². The molecule has 0 aliphatic carbocycles. The lowest BCUT2D eigenvalue weighted by Gasteiger charge is -2.13. The van der Waals surface area contributed by atoms with Gasteiger partial charge in [0, 0.05) is 28.5 Å². The summed E-state index contributed by atoms with van der Waals surface area (Å²) >= 11 is 1.18. The number of amides is 1. The number of carbonyl (C=O) groups excluding carboxylic acids is 1. The number of carbonyl (C=O) groups is 1. The van der Waals surface area contributed by atoms with Gasteiger partial charge in [-0.25, -0.2) is 27.9 Å². The highest BCUT2D eigenvalue weighted by Crippen LogP contribution is 2.38. The van der Waals surface area contributed by atoms with Gasteiger partial charge < -0.3 is 5.32 Å². The summed E-state index contributed by atoms with van der Waals surface area (Å²) < 4.78 is 32.9. The molecular formula is C30H23F2N7O3S. The molecule has 2 aromatic carbocycles. The summed E-state index contributed by atoms with van der Waals surface area (Å²) in [5, 5.41) is 11.1. The van der Waals surface area contributed by atoms with Crippen molar-refractivity contribution in [3.63, 3.8) is 0 Å². The van der Waals surface area contributed by atoms with Crippen LogP contribution in [0.15, 0.2) is 82.9 Å². The highest BCUT2D eigenvalue weighted by atomic mass is 32.1. The number of hydrogen-bond acceptors (Lipinski definition) is 7. The van der Waals surface area contributed by atoms with E-state index in [4.69, 9.17) is 0 Å². The maximum Gasteiger partial charge on any atom is 0.338 e. The van der Waals surface area contributed by atoms with E-state index < -0.39 is 29.4 Å². The lowest BCUT2D eigenvalue weighted by molar-refractivity contribution is 0.253. The number of rotatable bonds is 6. The van der Waals surface area contributed by atoms with Gasteiger partial charge in [-0.3, -0.25) is 13.9 Å². The lowest BCUT2D eigenvalue weighted by Crippen LogP contribution is -2.39. The number of thiophene rings is 1. The van der Waals surface area contributed by atoms with Crippen molar-refractivity contribution in [2.45, 2.75) is 26.8 Å². The fraction of sp³-hybridized carbons (Fsp3) is 0.133. The highest BCUT2D eigenvalue weighted by Gasteiger charge is 2.24. The molecule has 0 saturated heterocycles. The molecule has 4 aromatic heterocycles. The lowest BCUT2D eigenvalue weighted by atomic mass is 10.0. The first-order valence-corrected chi connectivity index (χ1v) is 14.0. The Bertz CT molecular complexity index is 2080. The van der Waals surface area contributed by atoms with Crippen molar-refractivity contribution in [1.29, 1.82) is 0 Å². The zero-order valence-electron chi connectivity index (χ0n) is 22.9. The van der Waals surface area contributed by atoms with Crippen LogP contribution in [0.5, 0.6) is 0 Å². The Morgan fingerprint density at radius 1 is 0.977 bits per heavy atom. The van der Waals surface area contributed by atoms with E-state index in [9.17, 15) is 23.2 Å². The van der Waals surface area contributed by atoms with Crippen LogP contribution in [0.1, 0.15) is 23.7 Å². The first-order valence-electron chi connectivity index (χ1n) is 13.2. The van der Waals surface area contributed by atoms with Gasteiger partial charge in [0.25, 0.3) is 5.56 Å². The minimum Gasteiger partial charge on any atom is -0.307 e. The number of benzene rings is 2. The van der Waals surface area contributed by atoms with Crippen molar-refractivity contribution < 1.29 is 13.6 Å². The third-order valence-electron chi connectivity index (χ3n) is 6.95. The fourth-order valence-electron chi connectivity index (χ4n) is 4.81. The van der Waals surface area contributed by atoms with Gasteiger partial charge in [0.2, 0.25) is 0 Å². The number of imidazole rings is 1. The number of fused-ring (bicyclic) bond motifs is 1. The summed E-state index contributed by atoms with van der Waals surface area (Å²) in [6.45, 7) is 3.15. The Labute approximate surface area is 246 Å². The summed E-state index contributed by atoms with van der Waals surface area (Å²) in [6, 6.07) is 13.2. The van der Waals surface area contributed by atoms with Crippen LogP contribution in [-0.4, -0.2) is 34.9 Å². The number of nitrogens with zero attached hydrogens (tertiary/aromatic N) is 6. The standard InChI is InChI=1S/C30H23F2N7O3S/c1-3-20-25-27(40)39(24-12-7-17(2)35-36-24)30(42)38(15-21-22(31)5-4-6-23(21)32)28(25)43-26(20)18-8-10-19(11-9-18)34-29(41)37-14-13-33-16-37/h4-14,16H,3,15H2,1-2H3,(H,34,41).